The normalized spacial score (nSPS) is 16.1. The van der Waals surface area contributed by atoms with Gasteiger partial charge in [0.05, 0.1) is 19.0 Å². The first-order valence-corrected chi connectivity index (χ1v) is 10.0. The minimum absolute atomic E-state index is 0.0150. The van der Waals surface area contributed by atoms with Crippen LogP contribution in [0.3, 0.4) is 0 Å². The van der Waals surface area contributed by atoms with E-state index in [0.29, 0.717) is 42.6 Å². The molecule has 3 heterocycles. The molecule has 0 N–H and O–H groups in total. The number of amides is 1. The molecule has 0 radical (unpaired) electrons. The molecule has 1 fully saturated rings. The van der Waals surface area contributed by atoms with E-state index in [2.05, 4.69) is 4.98 Å². The van der Waals surface area contributed by atoms with Crippen molar-refractivity contribution < 1.29 is 9.53 Å². The summed E-state index contributed by atoms with van der Waals surface area (Å²) in [6.45, 7) is 6.32. The Morgan fingerprint density at radius 3 is 2.52 bits per heavy atom. The third kappa shape index (κ3) is 3.55. The first-order chi connectivity index (χ1) is 12.9. The van der Waals surface area contributed by atoms with E-state index < -0.39 is 5.69 Å². The third-order valence-corrected chi connectivity index (χ3v) is 5.92. The van der Waals surface area contributed by atoms with Gasteiger partial charge in [-0.1, -0.05) is 18.7 Å². The molecule has 1 amide bonds. The summed E-state index contributed by atoms with van der Waals surface area (Å²) in [4.78, 5) is 43.8. The third-order valence-electron chi connectivity index (χ3n) is 4.98. The number of hydrogen-bond donors (Lipinski definition) is 0. The van der Waals surface area contributed by atoms with Crippen LogP contribution in [-0.2, 0) is 23.6 Å². The smallest absolute Gasteiger partial charge is 0.332 e. The van der Waals surface area contributed by atoms with Crippen molar-refractivity contribution in [2.24, 2.45) is 14.1 Å². The van der Waals surface area contributed by atoms with Gasteiger partial charge < -0.3 is 14.2 Å². The maximum atomic E-state index is 12.7. The molecule has 148 valence electrons. The van der Waals surface area contributed by atoms with Crippen LogP contribution in [-0.4, -0.2) is 61.5 Å². The number of fused-ring (bicyclic) bond motifs is 1. The topological polar surface area (TPSA) is 91.4 Å². The number of carbonyl (C=O) groups excluding carboxylic acids is 1. The van der Waals surface area contributed by atoms with Crippen molar-refractivity contribution in [1.29, 1.82) is 0 Å². The lowest BCUT2D eigenvalue weighted by Crippen LogP contribution is -2.41. The van der Waals surface area contributed by atoms with Crippen LogP contribution in [0.15, 0.2) is 14.7 Å². The molecule has 0 aliphatic carbocycles. The monoisotopic (exact) mass is 395 g/mol. The Balaban J connectivity index is 2.00. The lowest BCUT2D eigenvalue weighted by atomic mass is 10.2. The number of rotatable bonds is 5. The molecule has 3 rings (SSSR count). The van der Waals surface area contributed by atoms with E-state index in [1.54, 1.807) is 11.9 Å². The second kappa shape index (κ2) is 7.89. The minimum atomic E-state index is -0.415. The van der Waals surface area contributed by atoms with Crippen molar-refractivity contribution in [3.05, 3.63) is 20.8 Å². The number of ether oxygens (including phenoxy) is 1. The van der Waals surface area contributed by atoms with E-state index in [0.717, 1.165) is 11.0 Å². The molecule has 1 atom stereocenters. The molecule has 0 unspecified atom stereocenters. The number of aromatic nitrogens is 4. The van der Waals surface area contributed by atoms with Crippen molar-refractivity contribution in [1.82, 2.24) is 23.6 Å². The number of nitrogens with zero attached hydrogens (tertiary/aromatic N) is 5. The second-order valence-corrected chi connectivity index (χ2v) is 7.62. The number of aryl methyl sites for hydroxylation is 1. The van der Waals surface area contributed by atoms with Gasteiger partial charge in [-0.15, -0.1) is 0 Å². The molecule has 27 heavy (non-hydrogen) atoms. The van der Waals surface area contributed by atoms with Gasteiger partial charge in [-0.25, -0.2) is 9.78 Å². The summed E-state index contributed by atoms with van der Waals surface area (Å²) in [6, 6.07) is 0.0150. The lowest BCUT2D eigenvalue weighted by Gasteiger charge is -2.26. The van der Waals surface area contributed by atoms with Gasteiger partial charge in [-0.05, 0) is 13.3 Å². The molecule has 2 aromatic heterocycles. The fourth-order valence-electron chi connectivity index (χ4n) is 3.12. The molecule has 1 aliphatic heterocycles. The van der Waals surface area contributed by atoms with Crippen LogP contribution >= 0.6 is 11.8 Å². The highest BCUT2D eigenvalue weighted by atomic mass is 32.2. The van der Waals surface area contributed by atoms with Crippen LogP contribution in [0.2, 0.25) is 0 Å². The Morgan fingerprint density at radius 1 is 1.22 bits per heavy atom. The largest absolute Gasteiger partial charge is 0.378 e. The summed E-state index contributed by atoms with van der Waals surface area (Å²) in [7, 11) is 3.07. The average molecular weight is 395 g/mol. The molecule has 2 aromatic rings. The van der Waals surface area contributed by atoms with Gasteiger partial charge in [0.25, 0.3) is 5.56 Å². The Bertz CT molecular complexity index is 970. The highest BCUT2D eigenvalue weighted by Crippen LogP contribution is 2.27. The summed E-state index contributed by atoms with van der Waals surface area (Å²) in [5.74, 6) is 0.251. The van der Waals surface area contributed by atoms with Crippen molar-refractivity contribution >= 4 is 28.8 Å². The van der Waals surface area contributed by atoms with Gasteiger partial charge in [-0.3, -0.25) is 18.7 Å². The summed E-state index contributed by atoms with van der Waals surface area (Å²) in [5.41, 5.74) is -0.0329. The van der Waals surface area contributed by atoms with Gasteiger partial charge in [0, 0.05) is 33.2 Å². The zero-order valence-corrected chi connectivity index (χ0v) is 16.9. The molecule has 1 aliphatic rings. The van der Waals surface area contributed by atoms with Gasteiger partial charge in [-0.2, -0.15) is 0 Å². The minimum Gasteiger partial charge on any atom is -0.378 e. The van der Waals surface area contributed by atoms with E-state index in [4.69, 9.17) is 4.74 Å². The Morgan fingerprint density at radius 2 is 1.89 bits per heavy atom. The van der Waals surface area contributed by atoms with Crippen LogP contribution in [0.25, 0.3) is 11.2 Å². The van der Waals surface area contributed by atoms with Crippen molar-refractivity contribution in [2.45, 2.75) is 31.5 Å². The quantitative estimate of drug-likeness (QED) is 0.679. The van der Waals surface area contributed by atoms with Crippen LogP contribution < -0.4 is 11.2 Å². The standard InChI is InChI=1S/C17H25N5O4S/c1-5-11(2)22-13-14(19(3)17(25)20(4)15(13)24)18-16(22)27-10-12(23)21-6-8-26-9-7-21/h11H,5-10H2,1-4H3/t11-/m1/s1. The van der Waals surface area contributed by atoms with Crippen LogP contribution in [0.4, 0.5) is 0 Å². The number of morpholine rings is 1. The van der Waals surface area contributed by atoms with Gasteiger partial charge in [0.15, 0.2) is 16.3 Å². The number of carbonyl (C=O) groups is 1. The van der Waals surface area contributed by atoms with E-state index in [9.17, 15) is 14.4 Å². The molecule has 0 aromatic carbocycles. The first-order valence-electron chi connectivity index (χ1n) is 9.03. The van der Waals surface area contributed by atoms with Gasteiger partial charge in [0.1, 0.15) is 0 Å². The van der Waals surface area contributed by atoms with Crippen molar-refractivity contribution in [2.75, 3.05) is 32.1 Å². The highest BCUT2D eigenvalue weighted by molar-refractivity contribution is 7.99. The maximum absolute atomic E-state index is 12.7. The maximum Gasteiger partial charge on any atom is 0.332 e. The van der Waals surface area contributed by atoms with Crippen molar-refractivity contribution in [3.63, 3.8) is 0 Å². The molecule has 0 saturated carbocycles. The SMILES string of the molecule is CC[C@@H](C)n1c(SCC(=O)N2CCOCC2)nc2c1c(=O)n(C)c(=O)n2C. The summed E-state index contributed by atoms with van der Waals surface area (Å²) in [5, 5.41) is 0.583. The zero-order chi connectivity index (χ0) is 19.7. The predicted molar refractivity (Wildman–Crippen MR) is 103 cm³/mol. The summed E-state index contributed by atoms with van der Waals surface area (Å²) < 4.78 is 9.61. The average Bonchev–Trinajstić information content (AvgIpc) is 3.08. The Kier molecular flexibility index (Phi) is 5.75. The van der Waals surface area contributed by atoms with Gasteiger partial charge >= 0.3 is 5.69 Å². The summed E-state index contributed by atoms with van der Waals surface area (Å²) >= 11 is 1.30. The van der Waals surface area contributed by atoms with Crippen LogP contribution in [0.1, 0.15) is 26.3 Å². The van der Waals surface area contributed by atoms with E-state index in [-0.39, 0.29) is 23.3 Å². The molecular formula is C17H25N5O4S. The first kappa shape index (κ1) is 19.7. The molecule has 9 nitrogen and oxygen atoms in total. The number of imidazole rings is 1. The van der Waals surface area contributed by atoms with Crippen molar-refractivity contribution in [3.8, 4) is 0 Å². The molecule has 0 spiro atoms. The number of thioether (sulfide) groups is 1. The summed E-state index contributed by atoms with van der Waals surface area (Å²) in [6.07, 6.45) is 0.794. The zero-order valence-electron chi connectivity index (χ0n) is 16.1. The van der Waals surface area contributed by atoms with E-state index in [1.807, 2.05) is 18.4 Å². The van der Waals surface area contributed by atoms with Gasteiger partial charge in [0.2, 0.25) is 5.91 Å². The molecular weight excluding hydrogens is 370 g/mol. The van der Waals surface area contributed by atoms with E-state index in [1.165, 1.54) is 23.4 Å². The van der Waals surface area contributed by atoms with Crippen LogP contribution in [0, 0.1) is 0 Å². The number of hydrogen-bond acceptors (Lipinski definition) is 6. The predicted octanol–water partition coefficient (Wildman–Crippen LogP) is 0.356. The lowest BCUT2D eigenvalue weighted by molar-refractivity contribution is -0.132. The fourth-order valence-corrected chi connectivity index (χ4v) is 4.11. The Hall–Kier alpha value is -2.07. The molecule has 0 bridgehead atoms. The van der Waals surface area contributed by atoms with E-state index >= 15 is 0 Å². The Labute approximate surface area is 160 Å². The second-order valence-electron chi connectivity index (χ2n) is 6.68. The highest BCUT2D eigenvalue weighted by Gasteiger charge is 2.24. The fraction of sp³-hybridized carbons (Fsp3) is 0.647. The molecule has 1 saturated heterocycles. The van der Waals surface area contributed by atoms with Crippen LogP contribution in [0.5, 0.6) is 0 Å². The molecule has 10 heteroatoms.